The van der Waals surface area contributed by atoms with E-state index in [1.807, 2.05) is 0 Å². The molecule has 0 unspecified atom stereocenters. The van der Waals surface area contributed by atoms with Crippen molar-refractivity contribution in [3.05, 3.63) is 63.7 Å². The third-order valence-corrected chi connectivity index (χ3v) is 5.87. The van der Waals surface area contributed by atoms with Crippen molar-refractivity contribution in [2.24, 2.45) is 0 Å². The molecule has 0 heterocycles. The molecule has 0 atom stereocenters. The number of carbonyl (C=O) groups excluding carboxylic acids is 2. The number of anilines is 1. The van der Waals surface area contributed by atoms with Crippen LogP contribution < -0.4 is 10.0 Å². The Balaban J connectivity index is 1.55. The second-order valence-electron chi connectivity index (χ2n) is 6.80. The van der Waals surface area contributed by atoms with Gasteiger partial charge in [0, 0.05) is 23.9 Å². The Morgan fingerprint density at radius 2 is 1.83 bits per heavy atom. The Kier molecular flexibility index (Phi) is 6.13. The zero-order chi connectivity index (χ0) is 21.9. The number of esters is 1. The number of nitrogens with zero attached hydrogens (tertiary/aromatic N) is 1. The maximum atomic E-state index is 12.1. The molecule has 11 heteroatoms. The second kappa shape index (κ2) is 8.59. The number of nitro groups is 1. The van der Waals surface area contributed by atoms with Gasteiger partial charge in [-0.2, -0.15) is 0 Å². The molecular weight excluding hydrogens is 414 g/mol. The number of hydrogen-bond acceptors (Lipinski definition) is 7. The number of sulfonamides is 1. The Bertz CT molecular complexity index is 1090. The van der Waals surface area contributed by atoms with Gasteiger partial charge in [0.1, 0.15) is 0 Å². The molecule has 0 bridgehead atoms. The molecule has 3 rings (SSSR count). The molecule has 2 aromatic carbocycles. The van der Waals surface area contributed by atoms with E-state index in [9.17, 15) is 28.1 Å². The van der Waals surface area contributed by atoms with Crippen molar-refractivity contribution in [3.8, 4) is 0 Å². The van der Waals surface area contributed by atoms with Crippen molar-refractivity contribution in [1.29, 1.82) is 0 Å². The number of nitrogens with one attached hydrogen (secondary N) is 2. The minimum Gasteiger partial charge on any atom is -0.452 e. The van der Waals surface area contributed by atoms with Crippen LogP contribution in [0.2, 0.25) is 0 Å². The molecule has 1 amide bonds. The molecule has 1 aliphatic rings. The topological polar surface area (TPSA) is 145 Å². The lowest BCUT2D eigenvalue weighted by atomic mass is 10.2. The second-order valence-corrected chi connectivity index (χ2v) is 8.51. The fourth-order valence-electron chi connectivity index (χ4n) is 2.56. The van der Waals surface area contributed by atoms with Crippen LogP contribution >= 0.6 is 0 Å². The summed E-state index contributed by atoms with van der Waals surface area (Å²) in [4.78, 5) is 34.3. The summed E-state index contributed by atoms with van der Waals surface area (Å²) in [5.74, 6) is -1.40. The number of benzene rings is 2. The Labute approximate surface area is 172 Å². The molecular formula is C19H19N3O7S. The van der Waals surface area contributed by atoms with Crippen molar-refractivity contribution >= 4 is 33.3 Å². The first-order valence-electron chi connectivity index (χ1n) is 9.00. The third kappa shape index (κ3) is 5.39. The van der Waals surface area contributed by atoms with E-state index < -0.39 is 33.4 Å². The van der Waals surface area contributed by atoms with Crippen LogP contribution in [0.4, 0.5) is 11.4 Å². The van der Waals surface area contributed by atoms with Crippen LogP contribution in [0.15, 0.2) is 47.4 Å². The summed E-state index contributed by atoms with van der Waals surface area (Å²) in [6.45, 7) is 1.03. The normalized spacial score (nSPS) is 13.5. The van der Waals surface area contributed by atoms with E-state index in [1.165, 1.54) is 42.5 Å². The van der Waals surface area contributed by atoms with Crippen LogP contribution in [-0.4, -0.2) is 37.9 Å². The highest BCUT2D eigenvalue weighted by Crippen LogP contribution is 2.23. The minimum absolute atomic E-state index is 0.0301. The SMILES string of the molecule is Cc1cc([N+](=O)[O-])ccc1NC(=O)COC(=O)c1ccc(S(=O)(=O)NC2CC2)cc1. The number of nitro benzene ring substituents is 1. The fourth-order valence-corrected chi connectivity index (χ4v) is 3.87. The Morgan fingerprint density at radius 1 is 1.17 bits per heavy atom. The highest BCUT2D eigenvalue weighted by Gasteiger charge is 2.28. The monoisotopic (exact) mass is 433 g/mol. The molecule has 1 aliphatic carbocycles. The maximum Gasteiger partial charge on any atom is 0.338 e. The number of rotatable bonds is 8. The summed E-state index contributed by atoms with van der Waals surface area (Å²) < 4.78 is 31.7. The Morgan fingerprint density at radius 3 is 2.40 bits per heavy atom. The van der Waals surface area contributed by atoms with Gasteiger partial charge in [-0.25, -0.2) is 17.9 Å². The molecule has 0 radical (unpaired) electrons. The quantitative estimate of drug-likeness (QED) is 0.368. The van der Waals surface area contributed by atoms with E-state index in [2.05, 4.69) is 10.0 Å². The zero-order valence-corrected chi connectivity index (χ0v) is 16.8. The summed E-state index contributed by atoms with van der Waals surface area (Å²) in [7, 11) is -3.62. The van der Waals surface area contributed by atoms with Crippen LogP contribution in [0.5, 0.6) is 0 Å². The number of aryl methyl sites for hydroxylation is 1. The van der Waals surface area contributed by atoms with Crippen LogP contribution in [0, 0.1) is 17.0 Å². The largest absolute Gasteiger partial charge is 0.452 e. The number of hydrogen-bond donors (Lipinski definition) is 2. The third-order valence-electron chi connectivity index (χ3n) is 4.33. The van der Waals surface area contributed by atoms with Gasteiger partial charge in [0.2, 0.25) is 10.0 Å². The van der Waals surface area contributed by atoms with Gasteiger partial charge in [0.05, 0.1) is 15.4 Å². The molecule has 0 aliphatic heterocycles. The molecule has 2 N–H and O–H groups in total. The van der Waals surface area contributed by atoms with Crippen molar-refractivity contribution in [1.82, 2.24) is 4.72 Å². The first-order chi connectivity index (χ1) is 14.2. The standard InChI is InChI=1S/C19H19N3O7S/c1-12-10-15(22(25)26)6-9-17(12)20-18(23)11-29-19(24)13-2-7-16(8-3-13)30(27,28)21-14-4-5-14/h2-3,6-10,14,21H,4-5,11H2,1H3,(H,20,23). The summed E-state index contributed by atoms with van der Waals surface area (Å²) in [5, 5.41) is 13.3. The van der Waals surface area contributed by atoms with E-state index in [0.717, 1.165) is 12.8 Å². The summed E-state index contributed by atoms with van der Waals surface area (Å²) in [6.07, 6.45) is 1.62. The average Bonchev–Trinajstić information content (AvgIpc) is 3.51. The summed E-state index contributed by atoms with van der Waals surface area (Å²) in [6, 6.07) is 9.13. The molecule has 30 heavy (non-hydrogen) atoms. The van der Waals surface area contributed by atoms with Crippen molar-refractivity contribution in [3.63, 3.8) is 0 Å². The van der Waals surface area contributed by atoms with Crippen molar-refractivity contribution in [2.75, 3.05) is 11.9 Å². The number of non-ortho nitro benzene ring substituents is 1. The predicted octanol–water partition coefficient (Wildman–Crippen LogP) is 2.14. The van der Waals surface area contributed by atoms with Crippen LogP contribution in [-0.2, 0) is 19.6 Å². The molecule has 0 spiro atoms. The number of amides is 1. The van der Waals surface area contributed by atoms with Gasteiger partial charge >= 0.3 is 5.97 Å². The Hall–Kier alpha value is -3.31. The molecule has 10 nitrogen and oxygen atoms in total. The van der Waals surface area contributed by atoms with E-state index in [1.54, 1.807) is 6.92 Å². The molecule has 2 aromatic rings. The van der Waals surface area contributed by atoms with E-state index >= 15 is 0 Å². The lowest BCUT2D eigenvalue weighted by Gasteiger charge is -2.09. The van der Waals surface area contributed by atoms with Gasteiger partial charge < -0.3 is 10.1 Å². The average molecular weight is 433 g/mol. The van der Waals surface area contributed by atoms with Gasteiger partial charge in [-0.05, 0) is 55.7 Å². The lowest BCUT2D eigenvalue weighted by molar-refractivity contribution is -0.384. The summed E-state index contributed by atoms with van der Waals surface area (Å²) >= 11 is 0. The predicted molar refractivity (Wildman–Crippen MR) is 107 cm³/mol. The molecule has 1 fully saturated rings. The molecule has 0 saturated heterocycles. The van der Waals surface area contributed by atoms with E-state index in [4.69, 9.17) is 4.74 Å². The maximum absolute atomic E-state index is 12.1. The van der Waals surface area contributed by atoms with Gasteiger partial charge in [-0.3, -0.25) is 14.9 Å². The lowest BCUT2D eigenvalue weighted by Crippen LogP contribution is -2.25. The van der Waals surface area contributed by atoms with Crippen LogP contribution in [0.1, 0.15) is 28.8 Å². The van der Waals surface area contributed by atoms with Crippen LogP contribution in [0.3, 0.4) is 0 Å². The van der Waals surface area contributed by atoms with Gasteiger partial charge in [-0.1, -0.05) is 0 Å². The van der Waals surface area contributed by atoms with E-state index in [0.29, 0.717) is 11.3 Å². The fraction of sp³-hybridized carbons (Fsp3) is 0.263. The molecule has 1 saturated carbocycles. The highest BCUT2D eigenvalue weighted by molar-refractivity contribution is 7.89. The first-order valence-corrected chi connectivity index (χ1v) is 10.5. The molecule has 158 valence electrons. The summed E-state index contributed by atoms with van der Waals surface area (Å²) in [5.41, 5.74) is 0.842. The first kappa shape index (κ1) is 21.4. The minimum atomic E-state index is -3.62. The zero-order valence-electron chi connectivity index (χ0n) is 16.0. The van der Waals surface area contributed by atoms with Gasteiger partial charge in [-0.15, -0.1) is 0 Å². The van der Waals surface area contributed by atoms with Gasteiger partial charge in [0.15, 0.2) is 6.61 Å². The number of ether oxygens (including phenoxy) is 1. The molecule has 0 aromatic heterocycles. The van der Waals surface area contributed by atoms with E-state index in [-0.39, 0.29) is 22.2 Å². The number of carbonyl (C=O) groups is 2. The van der Waals surface area contributed by atoms with Crippen molar-refractivity contribution in [2.45, 2.75) is 30.7 Å². The van der Waals surface area contributed by atoms with Crippen LogP contribution in [0.25, 0.3) is 0 Å². The van der Waals surface area contributed by atoms with Crippen molar-refractivity contribution < 1.29 is 27.7 Å². The highest BCUT2D eigenvalue weighted by atomic mass is 32.2. The smallest absolute Gasteiger partial charge is 0.338 e. The van der Waals surface area contributed by atoms with Gasteiger partial charge in [0.25, 0.3) is 11.6 Å².